The lowest BCUT2D eigenvalue weighted by Gasteiger charge is -1.98. The molecule has 1 N–H and O–H groups in total. The Hall–Kier alpha value is -0.700. The van der Waals surface area contributed by atoms with Crippen molar-refractivity contribution in [2.24, 2.45) is 9.98 Å². The fourth-order valence-corrected chi connectivity index (χ4v) is 0.396. The highest BCUT2D eigenvalue weighted by Crippen LogP contribution is 1.83. The number of aliphatic imine (C=N–C) groups is 2. The minimum atomic E-state index is -0.686. The molecular weight excluding hydrogens is 92.1 g/mol. The summed E-state index contributed by atoms with van der Waals surface area (Å²) in [4.78, 5) is 7.34. The molecule has 0 aromatic carbocycles. The van der Waals surface area contributed by atoms with Crippen molar-refractivity contribution in [2.75, 3.05) is 6.54 Å². The van der Waals surface area contributed by atoms with E-state index < -0.39 is 6.23 Å². The molecule has 1 heterocycles. The molecular formula is C4H6N2O. The molecule has 3 nitrogen and oxygen atoms in total. The topological polar surface area (TPSA) is 45.0 Å². The van der Waals surface area contributed by atoms with Crippen LogP contribution in [0.4, 0.5) is 0 Å². The predicted molar refractivity (Wildman–Crippen MR) is 27.9 cm³/mol. The van der Waals surface area contributed by atoms with E-state index in [1.54, 1.807) is 6.21 Å². The first kappa shape index (κ1) is 4.46. The van der Waals surface area contributed by atoms with Gasteiger partial charge in [0.1, 0.15) is 0 Å². The third-order valence-corrected chi connectivity index (χ3v) is 0.684. The summed E-state index contributed by atoms with van der Waals surface area (Å²) in [5.74, 6) is 0. The van der Waals surface area contributed by atoms with Crippen LogP contribution in [0.3, 0.4) is 0 Å². The minimum absolute atomic E-state index is 0.608. The van der Waals surface area contributed by atoms with Crippen LogP contribution in [0, 0.1) is 0 Å². The van der Waals surface area contributed by atoms with Crippen LogP contribution in [0.15, 0.2) is 9.98 Å². The Bertz CT molecular complexity index is 96.3. The molecule has 7 heavy (non-hydrogen) atoms. The highest BCUT2D eigenvalue weighted by atomic mass is 16.3. The summed E-state index contributed by atoms with van der Waals surface area (Å²) in [5, 5.41) is 8.56. The molecule has 0 spiro atoms. The fraction of sp³-hybridized carbons (Fsp3) is 0.500. The van der Waals surface area contributed by atoms with Gasteiger partial charge in [0.15, 0.2) is 6.23 Å². The van der Waals surface area contributed by atoms with Gasteiger partial charge in [0.25, 0.3) is 0 Å². The first-order valence-corrected chi connectivity index (χ1v) is 2.09. The van der Waals surface area contributed by atoms with E-state index in [0.29, 0.717) is 6.54 Å². The number of hydrogen-bond acceptors (Lipinski definition) is 3. The number of hydrogen-bond donors (Lipinski definition) is 1. The van der Waals surface area contributed by atoms with Gasteiger partial charge in [0.05, 0.1) is 6.54 Å². The monoisotopic (exact) mass is 98.0 g/mol. The molecule has 0 saturated carbocycles. The molecule has 0 fully saturated rings. The molecule has 0 aromatic heterocycles. The zero-order valence-corrected chi connectivity index (χ0v) is 3.78. The average molecular weight is 98.1 g/mol. The maximum Gasteiger partial charge on any atom is 0.180 e. The van der Waals surface area contributed by atoms with Crippen molar-refractivity contribution >= 4 is 12.4 Å². The Morgan fingerprint density at radius 1 is 1.71 bits per heavy atom. The summed E-state index contributed by atoms with van der Waals surface area (Å²) < 4.78 is 0. The molecule has 0 radical (unpaired) electrons. The fourth-order valence-electron chi connectivity index (χ4n) is 0.396. The number of rotatable bonds is 0. The van der Waals surface area contributed by atoms with Crippen LogP contribution >= 0.6 is 0 Å². The molecule has 1 rings (SSSR count). The largest absolute Gasteiger partial charge is 0.367 e. The first-order valence-electron chi connectivity index (χ1n) is 2.09. The van der Waals surface area contributed by atoms with Crippen LogP contribution in [0.2, 0.25) is 0 Å². The Labute approximate surface area is 41.4 Å². The third-order valence-electron chi connectivity index (χ3n) is 0.684. The Balaban J connectivity index is 2.49. The van der Waals surface area contributed by atoms with Gasteiger partial charge in [-0.2, -0.15) is 0 Å². The van der Waals surface area contributed by atoms with E-state index in [9.17, 15) is 0 Å². The molecule has 38 valence electrons. The number of nitrogens with zero attached hydrogens (tertiary/aromatic N) is 2. The normalized spacial score (nSPS) is 28.4. The quantitative estimate of drug-likeness (QED) is 0.434. The van der Waals surface area contributed by atoms with Gasteiger partial charge in [-0.15, -0.1) is 0 Å². The van der Waals surface area contributed by atoms with E-state index in [0.717, 1.165) is 0 Å². The predicted octanol–water partition coefficient (Wildman–Crippen LogP) is -0.540. The molecule has 3 heteroatoms. The molecule has 0 aliphatic carbocycles. The average Bonchev–Trinajstić information content (AvgIpc) is 1.69. The Kier molecular flexibility index (Phi) is 1.17. The second kappa shape index (κ2) is 1.84. The molecule has 0 amide bonds. The summed E-state index contributed by atoms with van der Waals surface area (Å²) in [5.41, 5.74) is 0. The van der Waals surface area contributed by atoms with E-state index in [4.69, 9.17) is 5.11 Å². The smallest absolute Gasteiger partial charge is 0.180 e. The Morgan fingerprint density at radius 2 is 2.57 bits per heavy atom. The van der Waals surface area contributed by atoms with E-state index in [-0.39, 0.29) is 0 Å². The van der Waals surface area contributed by atoms with Gasteiger partial charge in [0.2, 0.25) is 0 Å². The second-order valence-electron chi connectivity index (χ2n) is 1.26. The highest BCUT2D eigenvalue weighted by Gasteiger charge is 1.94. The molecule has 0 aromatic rings. The zero-order chi connectivity index (χ0) is 5.11. The van der Waals surface area contributed by atoms with Crippen LogP contribution in [0.1, 0.15) is 0 Å². The van der Waals surface area contributed by atoms with E-state index in [2.05, 4.69) is 9.98 Å². The number of aliphatic hydroxyl groups excluding tert-OH is 1. The summed E-state index contributed by atoms with van der Waals surface area (Å²) >= 11 is 0. The summed E-state index contributed by atoms with van der Waals surface area (Å²) in [6.07, 6.45) is 2.32. The van der Waals surface area contributed by atoms with Gasteiger partial charge in [-0.05, 0) is 0 Å². The van der Waals surface area contributed by atoms with Gasteiger partial charge in [-0.25, -0.2) is 0 Å². The van der Waals surface area contributed by atoms with E-state index in [1.165, 1.54) is 6.21 Å². The van der Waals surface area contributed by atoms with Gasteiger partial charge in [-0.3, -0.25) is 9.98 Å². The van der Waals surface area contributed by atoms with Gasteiger partial charge in [-0.1, -0.05) is 0 Å². The van der Waals surface area contributed by atoms with Crippen LogP contribution in [-0.4, -0.2) is 30.3 Å². The van der Waals surface area contributed by atoms with Crippen molar-refractivity contribution in [3.8, 4) is 0 Å². The third kappa shape index (κ3) is 1.08. The lowest BCUT2D eigenvalue weighted by molar-refractivity contribution is 0.256. The van der Waals surface area contributed by atoms with Crippen LogP contribution in [-0.2, 0) is 0 Å². The Morgan fingerprint density at radius 3 is 2.86 bits per heavy atom. The van der Waals surface area contributed by atoms with Crippen LogP contribution in [0.5, 0.6) is 0 Å². The maximum atomic E-state index is 8.56. The van der Waals surface area contributed by atoms with Crippen molar-refractivity contribution in [3.05, 3.63) is 0 Å². The van der Waals surface area contributed by atoms with E-state index in [1.807, 2.05) is 0 Å². The molecule has 0 saturated heterocycles. The van der Waals surface area contributed by atoms with Crippen molar-refractivity contribution in [3.63, 3.8) is 0 Å². The SMILES string of the molecule is OC1C=NCC=N1. The van der Waals surface area contributed by atoms with E-state index >= 15 is 0 Å². The molecule has 1 aliphatic heterocycles. The van der Waals surface area contributed by atoms with Crippen molar-refractivity contribution in [1.82, 2.24) is 0 Å². The second-order valence-corrected chi connectivity index (χ2v) is 1.26. The zero-order valence-electron chi connectivity index (χ0n) is 3.78. The standard InChI is InChI=1S/C4H6N2O/c7-4-3-5-1-2-6-4/h2-4,7H,1H2. The van der Waals surface area contributed by atoms with Gasteiger partial charge < -0.3 is 5.11 Å². The van der Waals surface area contributed by atoms with Crippen molar-refractivity contribution < 1.29 is 5.11 Å². The van der Waals surface area contributed by atoms with Crippen molar-refractivity contribution in [2.45, 2.75) is 6.23 Å². The molecule has 1 aliphatic rings. The molecule has 1 unspecified atom stereocenters. The lowest BCUT2D eigenvalue weighted by atomic mass is 10.5. The van der Waals surface area contributed by atoms with Crippen LogP contribution in [0.25, 0.3) is 0 Å². The molecule has 0 bridgehead atoms. The van der Waals surface area contributed by atoms with Crippen LogP contribution < -0.4 is 0 Å². The van der Waals surface area contributed by atoms with Crippen molar-refractivity contribution in [1.29, 1.82) is 0 Å². The highest BCUT2D eigenvalue weighted by molar-refractivity contribution is 5.73. The number of aliphatic hydroxyl groups is 1. The minimum Gasteiger partial charge on any atom is -0.367 e. The van der Waals surface area contributed by atoms with Gasteiger partial charge >= 0.3 is 0 Å². The van der Waals surface area contributed by atoms with Gasteiger partial charge in [0, 0.05) is 12.4 Å². The maximum absolute atomic E-state index is 8.56. The lowest BCUT2D eigenvalue weighted by Crippen LogP contribution is -2.09. The summed E-state index contributed by atoms with van der Waals surface area (Å²) in [6.45, 7) is 0.608. The summed E-state index contributed by atoms with van der Waals surface area (Å²) in [7, 11) is 0. The summed E-state index contributed by atoms with van der Waals surface area (Å²) in [6, 6.07) is 0. The first-order chi connectivity index (χ1) is 3.39. The molecule has 1 atom stereocenters.